The topological polar surface area (TPSA) is 0 Å². The van der Waals surface area contributed by atoms with Gasteiger partial charge in [0.2, 0.25) is 0 Å². The smallest absolute Gasteiger partial charge is 0.166 e. The van der Waals surface area contributed by atoms with Gasteiger partial charge in [-0.3, -0.25) is 0 Å². The molecule has 2 rings (SSSR count). The van der Waals surface area contributed by atoms with Crippen molar-refractivity contribution in [2.45, 2.75) is 6.18 Å². The molecule has 2 aromatic carbocycles. The van der Waals surface area contributed by atoms with Gasteiger partial charge in [0, 0.05) is 3.57 Å². The number of hydrogen-bond donors (Lipinski definition) is 0. The van der Waals surface area contributed by atoms with E-state index >= 15 is 0 Å². The predicted molar refractivity (Wildman–Crippen MR) is 69.6 cm³/mol. The lowest BCUT2D eigenvalue weighted by Crippen LogP contribution is -2.04. The zero-order valence-electron chi connectivity index (χ0n) is 8.63. The highest BCUT2D eigenvalue weighted by atomic mass is 127. The second-order valence-corrected chi connectivity index (χ2v) is 4.83. The standard InChI is InChI=1S/C13H8F3I/c14-13(15,16)11-3-1-2-10(8-11)9-4-6-12(17)7-5-9/h1-8H. The van der Waals surface area contributed by atoms with Gasteiger partial charge < -0.3 is 0 Å². The van der Waals surface area contributed by atoms with Crippen molar-refractivity contribution < 1.29 is 13.2 Å². The molecule has 0 saturated carbocycles. The maximum absolute atomic E-state index is 12.5. The van der Waals surface area contributed by atoms with Crippen LogP contribution < -0.4 is 0 Å². The first-order valence-corrected chi connectivity index (χ1v) is 5.98. The van der Waals surface area contributed by atoms with E-state index < -0.39 is 11.7 Å². The molecule has 0 aliphatic heterocycles. The van der Waals surface area contributed by atoms with E-state index in [0.717, 1.165) is 15.2 Å². The minimum absolute atomic E-state index is 0.580. The molecule has 0 atom stereocenters. The molecule has 0 nitrogen and oxygen atoms in total. The van der Waals surface area contributed by atoms with Crippen molar-refractivity contribution in [3.05, 3.63) is 57.7 Å². The Kier molecular flexibility index (Phi) is 3.42. The quantitative estimate of drug-likeness (QED) is 0.638. The van der Waals surface area contributed by atoms with Crippen molar-refractivity contribution in [2.75, 3.05) is 0 Å². The monoisotopic (exact) mass is 348 g/mol. The summed E-state index contributed by atoms with van der Waals surface area (Å²) >= 11 is 2.16. The van der Waals surface area contributed by atoms with Crippen LogP contribution in [0.5, 0.6) is 0 Å². The van der Waals surface area contributed by atoms with Crippen molar-refractivity contribution in [1.29, 1.82) is 0 Å². The molecule has 0 unspecified atom stereocenters. The van der Waals surface area contributed by atoms with Crippen molar-refractivity contribution in [2.24, 2.45) is 0 Å². The van der Waals surface area contributed by atoms with Crippen LogP contribution in [0.15, 0.2) is 48.5 Å². The Hall–Kier alpha value is -1.04. The molecule has 0 heterocycles. The van der Waals surface area contributed by atoms with E-state index in [2.05, 4.69) is 22.6 Å². The summed E-state index contributed by atoms with van der Waals surface area (Å²) in [6.45, 7) is 0. The van der Waals surface area contributed by atoms with Gasteiger partial charge >= 0.3 is 6.18 Å². The van der Waals surface area contributed by atoms with Gasteiger partial charge in [-0.05, 0) is 58.0 Å². The van der Waals surface area contributed by atoms with E-state index in [1.807, 2.05) is 24.3 Å². The molecule has 4 heteroatoms. The maximum Gasteiger partial charge on any atom is 0.416 e. The van der Waals surface area contributed by atoms with Gasteiger partial charge in [0.25, 0.3) is 0 Å². The summed E-state index contributed by atoms with van der Waals surface area (Å²) in [7, 11) is 0. The molecule has 2 aromatic rings. The Bertz CT molecular complexity index is 515. The Balaban J connectivity index is 2.43. The van der Waals surface area contributed by atoms with Gasteiger partial charge in [-0.1, -0.05) is 24.3 Å². The van der Waals surface area contributed by atoms with Gasteiger partial charge in [-0.2, -0.15) is 13.2 Å². The average Bonchev–Trinajstić information content (AvgIpc) is 2.29. The summed E-state index contributed by atoms with van der Waals surface area (Å²) in [6.07, 6.45) is -4.29. The highest BCUT2D eigenvalue weighted by Crippen LogP contribution is 2.32. The molecule has 0 saturated heterocycles. The molecular formula is C13H8F3I. The second kappa shape index (κ2) is 4.68. The first-order valence-electron chi connectivity index (χ1n) is 4.90. The number of alkyl halides is 3. The molecular weight excluding hydrogens is 340 g/mol. The summed E-state index contributed by atoms with van der Waals surface area (Å²) in [6, 6.07) is 12.7. The fraction of sp³-hybridized carbons (Fsp3) is 0.0769. The number of halogens is 4. The zero-order chi connectivity index (χ0) is 12.5. The average molecular weight is 348 g/mol. The van der Waals surface area contributed by atoms with Crippen LogP contribution in [0.2, 0.25) is 0 Å². The number of hydrogen-bond acceptors (Lipinski definition) is 0. The lowest BCUT2D eigenvalue weighted by Gasteiger charge is -2.08. The van der Waals surface area contributed by atoms with E-state index in [1.54, 1.807) is 6.07 Å². The number of rotatable bonds is 1. The van der Waals surface area contributed by atoms with Crippen LogP contribution in [0.1, 0.15) is 5.56 Å². The Labute approximate surface area is 111 Å². The van der Waals surface area contributed by atoms with Crippen LogP contribution in [0.25, 0.3) is 11.1 Å². The van der Waals surface area contributed by atoms with Crippen molar-refractivity contribution in [3.8, 4) is 11.1 Å². The van der Waals surface area contributed by atoms with E-state index in [4.69, 9.17) is 0 Å². The summed E-state index contributed by atoms with van der Waals surface area (Å²) in [5.41, 5.74) is 0.751. The fourth-order valence-electron chi connectivity index (χ4n) is 1.52. The lowest BCUT2D eigenvalue weighted by molar-refractivity contribution is -0.137. The third-order valence-electron chi connectivity index (χ3n) is 2.37. The minimum Gasteiger partial charge on any atom is -0.166 e. The van der Waals surface area contributed by atoms with Gasteiger partial charge in [0.15, 0.2) is 0 Å². The van der Waals surface area contributed by atoms with Crippen LogP contribution in [-0.2, 0) is 6.18 Å². The first-order chi connectivity index (χ1) is 7.97. The molecule has 0 aromatic heterocycles. The molecule has 0 bridgehead atoms. The van der Waals surface area contributed by atoms with Crippen LogP contribution in [-0.4, -0.2) is 0 Å². The van der Waals surface area contributed by atoms with Gasteiger partial charge in [0.1, 0.15) is 0 Å². The SMILES string of the molecule is FC(F)(F)c1cccc(-c2ccc(I)cc2)c1. The highest BCUT2D eigenvalue weighted by molar-refractivity contribution is 14.1. The predicted octanol–water partition coefficient (Wildman–Crippen LogP) is 4.98. The van der Waals surface area contributed by atoms with Gasteiger partial charge in [-0.25, -0.2) is 0 Å². The highest BCUT2D eigenvalue weighted by Gasteiger charge is 2.30. The molecule has 0 radical (unpaired) electrons. The molecule has 0 amide bonds. The molecule has 88 valence electrons. The summed E-state index contributed by atoms with van der Waals surface area (Å²) in [5.74, 6) is 0. The molecule has 0 aliphatic carbocycles. The third-order valence-corrected chi connectivity index (χ3v) is 3.09. The van der Waals surface area contributed by atoms with Crippen molar-refractivity contribution in [1.82, 2.24) is 0 Å². The summed E-state index contributed by atoms with van der Waals surface area (Å²) in [4.78, 5) is 0. The Morgan fingerprint density at radius 2 is 1.47 bits per heavy atom. The van der Waals surface area contributed by atoms with Crippen LogP contribution in [0, 0.1) is 3.57 Å². The Morgan fingerprint density at radius 1 is 0.824 bits per heavy atom. The van der Waals surface area contributed by atoms with Gasteiger partial charge in [-0.15, -0.1) is 0 Å². The number of benzene rings is 2. The largest absolute Gasteiger partial charge is 0.416 e. The Morgan fingerprint density at radius 3 is 2.06 bits per heavy atom. The van der Waals surface area contributed by atoms with E-state index in [9.17, 15) is 13.2 Å². The molecule has 0 N–H and O–H groups in total. The summed E-state index contributed by atoms with van der Waals surface area (Å²) in [5, 5.41) is 0. The fourth-order valence-corrected chi connectivity index (χ4v) is 1.88. The van der Waals surface area contributed by atoms with Crippen molar-refractivity contribution in [3.63, 3.8) is 0 Å². The van der Waals surface area contributed by atoms with Crippen LogP contribution in [0.4, 0.5) is 13.2 Å². The van der Waals surface area contributed by atoms with Gasteiger partial charge in [0.05, 0.1) is 5.56 Å². The maximum atomic E-state index is 12.5. The van der Waals surface area contributed by atoms with E-state index in [0.29, 0.717) is 5.56 Å². The second-order valence-electron chi connectivity index (χ2n) is 3.59. The van der Waals surface area contributed by atoms with Crippen molar-refractivity contribution >= 4 is 22.6 Å². The van der Waals surface area contributed by atoms with Crippen LogP contribution in [0.3, 0.4) is 0 Å². The van der Waals surface area contributed by atoms with Crippen LogP contribution >= 0.6 is 22.6 Å². The molecule has 0 spiro atoms. The third kappa shape index (κ3) is 3.00. The van der Waals surface area contributed by atoms with E-state index in [-0.39, 0.29) is 0 Å². The normalized spacial score (nSPS) is 11.5. The minimum atomic E-state index is -4.29. The van der Waals surface area contributed by atoms with E-state index in [1.165, 1.54) is 12.1 Å². The summed E-state index contributed by atoms with van der Waals surface area (Å²) < 4.78 is 38.7. The zero-order valence-corrected chi connectivity index (χ0v) is 10.8. The molecule has 0 fully saturated rings. The molecule has 0 aliphatic rings. The first kappa shape index (κ1) is 12.4. The molecule has 17 heavy (non-hydrogen) atoms. The lowest BCUT2D eigenvalue weighted by atomic mass is 10.0.